The average molecular weight is 268 g/mol. The van der Waals surface area contributed by atoms with Crippen LogP contribution < -0.4 is 10.9 Å². The molecule has 0 saturated carbocycles. The predicted molar refractivity (Wildman–Crippen MR) is 61.1 cm³/mol. The fourth-order valence-electron chi connectivity index (χ4n) is 1.48. The molecule has 0 aliphatic heterocycles. The van der Waals surface area contributed by atoms with Crippen LogP contribution in [0.3, 0.4) is 0 Å². The van der Waals surface area contributed by atoms with Crippen molar-refractivity contribution in [1.29, 1.82) is 0 Å². The number of pyridine rings is 2. The highest BCUT2D eigenvalue weighted by molar-refractivity contribution is 7.89. The summed E-state index contributed by atoms with van der Waals surface area (Å²) < 4.78 is 22.8. The summed E-state index contributed by atoms with van der Waals surface area (Å²) in [7, 11) is -4.17. The second-order valence-corrected chi connectivity index (χ2v) is 4.90. The minimum atomic E-state index is -4.17. The van der Waals surface area contributed by atoms with Crippen LogP contribution in [-0.4, -0.2) is 29.4 Å². The SMILES string of the molecule is NC(=O)c1nc(S(N)(=O)=O)c2cccnc2c1O. The van der Waals surface area contributed by atoms with Gasteiger partial charge in [0.05, 0.1) is 0 Å². The van der Waals surface area contributed by atoms with Crippen LogP contribution in [0.15, 0.2) is 23.4 Å². The smallest absolute Gasteiger partial charge is 0.271 e. The highest BCUT2D eigenvalue weighted by Crippen LogP contribution is 2.28. The van der Waals surface area contributed by atoms with Crippen LogP contribution in [0.5, 0.6) is 5.75 Å². The summed E-state index contributed by atoms with van der Waals surface area (Å²) in [5.74, 6) is -1.66. The zero-order valence-electron chi connectivity index (χ0n) is 8.86. The van der Waals surface area contributed by atoms with Crippen molar-refractivity contribution < 1.29 is 18.3 Å². The quantitative estimate of drug-likeness (QED) is 0.641. The maximum absolute atomic E-state index is 11.4. The molecule has 94 valence electrons. The number of hydrogen-bond donors (Lipinski definition) is 3. The van der Waals surface area contributed by atoms with E-state index in [9.17, 15) is 18.3 Å². The van der Waals surface area contributed by atoms with Crippen molar-refractivity contribution in [2.45, 2.75) is 5.03 Å². The van der Waals surface area contributed by atoms with Gasteiger partial charge < -0.3 is 10.8 Å². The molecule has 0 aliphatic carbocycles. The molecule has 0 radical (unpaired) electrons. The van der Waals surface area contributed by atoms with Crippen molar-refractivity contribution in [3.63, 3.8) is 0 Å². The molecular weight excluding hydrogens is 260 g/mol. The van der Waals surface area contributed by atoms with Crippen molar-refractivity contribution in [3.8, 4) is 5.75 Å². The third-order valence-corrected chi connectivity index (χ3v) is 3.05. The van der Waals surface area contributed by atoms with Crippen LogP contribution in [0.25, 0.3) is 10.9 Å². The number of aromatic nitrogens is 2. The van der Waals surface area contributed by atoms with E-state index in [1.807, 2.05) is 0 Å². The van der Waals surface area contributed by atoms with Gasteiger partial charge in [-0.25, -0.2) is 18.5 Å². The maximum atomic E-state index is 11.4. The lowest BCUT2D eigenvalue weighted by molar-refractivity contribution is 0.0992. The first-order valence-corrected chi connectivity index (χ1v) is 6.17. The highest BCUT2D eigenvalue weighted by Gasteiger charge is 2.23. The summed E-state index contributed by atoms with van der Waals surface area (Å²) in [6, 6.07) is 2.81. The van der Waals surface area contributed by atoms with Crippen LogP contribution in [0, 0.1) is 0 Å². The summed E-state index contributed by atoms with van der Waals surface area (Å²) in [6.45, 7) is 0. The molecule has 9 heteroatoms. The number of aromatic hydroxyl groups is 1. The molecule has 0 aliphatic rings. The van der Waals surface area contributed by atoms with E-state index in [0.717, 1.165) is 0 Å². The molecule has 0 saturated heterocycles. The maximum Gasteiger partial charge on any atom is 0.271 e. The van der Waals surface area contributed by atoms with E-state index < -0.39 is 32.4 Å². The molecule has 5 N–H and O–H groups in total. The molecule has 0 aromatic carbocycles. The van der Waals surface area contributed by atoms with Crippen molar-refractivity contribution in [3.05, 3.63) is 24.0 Å². The van der Waals surface area contributed by atoms with Gasteiger partial charge in [-0.2, -0.15) is 0 Å². The lowest BCUT2D eigenvalue weighted by atomic mass is 10.2. The molecule has 0 spiro atoms. The van der Waals surface area contributed by atoms with Gasteiger partial charge in [0.1, 0.15) is 5.52 Å². The van der Waals surface area contributed by atoms with Gasteiger partial charge in [0, 0.05) is 11.6 Å². The molecule has 2 aromatic rings. The normalized spacial score (nSPS) is 11.6. The molecule has 2 aromatic heterocycles. The van der Waals surface area contributed by atoms with E-state index in [0.29, 0.717) is 0 Å². The number of carbonyl (C=O) groups is 1. The topological polar surface area (TPSA) is 149 Å². The van der Waals surface area contributed by atoms with Crippen LogP contribution in [0.1, 0.15) is 10.5 Å². The van der Waals surface area contributed by atoms with Crippen molar-refractivity contribution in [2.75, 3.05) is 0 Å². The minimum absolute atomic E-state index is 0.0162. The fraction of sp³-hybridized carbons (Fsp3) is 0. The van der Waals surface area contributed by atoms with E-state index in [-0.39, 0.29) is 10.9 Å². The van der Waals surface area contributed by atoms with Crippen LogP contribution in [0.2, 0.25) is 0 Å². The predicted octanol–water partition coefficient (Wildman–Crippen LogP) is -0.918. The first-order chi connectivity index (χ1) is 8.32. The highest BCUT2D eigenvalue weighted by atomic mass is 32.2. The van der Waals surface area contributed by atoms with E-state index in [2.05, 4.69) is 9.97 Å². The van der Waals surface area contributed by atoms with Gasteiger partial charge in [-0.15, -0.1) is 0 Å². The Labute approximate surface area is 101 Å². The Bertz CT molecular complexity index is 756. The zero-order chi connectivity index (χ0) is 13.5. The lowest BCUT2D eigenvalue weighted by Crippen LogP contribution is -2.19. The van der Waals surface area contributed by atoms with Crippen molar-refractivity contribution in [2.24, 2.45) is 10.9 Å². The number of sulfonamides is 1. The minimum Gasteiger partial charge on any atom is -0.504 e. The molecular formula is C9H8N4O4S. The van der Waals surface area contributed by atoms with E-state index >= 15 is 0 Å². The summed E-state index contributed by atoms with van der Waals surface area (Å²) in [6.07, 6.45) is 1.32. The van der Waals surface area contributed by atoms with Crippen LogP contribution in [0.4, 0.5) is 0 Å². The third-order valence-electron chi connectivity index (χ3n) is 2.20. The number of nitrogens with two attached hydrogens (primary N) is 2. The molecule has 0 fully saturated rings. The van der Waals surface area contributed by atoms with Crippen molar-refractivity contribution in [1.82, 2.24) is 9.97 Å². The number of fused-ring (bicyclic) bond motifs is 1. The summed E-state index contributed by atoms with van der Waals surface area (Å²) in [5, 5.41) is 14.2. The number of carbonyl (C=O) groups excluding carboxylic acids is 1. The Kier molecular flexibility index (Phi) is 2.64. The molecule has 1 amide bonds. The number of amides is 1. The van der Waals surface area contributed by atoms with Crippen LogP contribution >= 0.6 is 0 Å². The Balaban J connectivity index is 3.03. The largest absolute Gasteiger partial charge is 0.504 e. The number of nitrogens with zero attached hydrogens (tertiary/aromatic N) is 2. The summed E-state index contributed by atoms with van der Waals surface area (Å²) >= 11 is 0. The van der Waals surface area contributed by atoms with Gasteiger partial charge in [0.15, 0.2) is 16.5 Å². The first-order valence-electron chi connectivity index (χ1n) is 4.62. The molecule has 0 bridgehead atoms. The average Bonchev–Trinajstić information content (AvgIpc) is 2.27. The number of primary amides is 1. The lowest BCUT2D eigenvalue weighted by Gasteiger charge is -2.07. The number of primary sulfonamides is 1. The van der Waals surface area contributed by atoms with Gasteiger partial charge in [-0.1, -0.05) is 0 Å². The molecule has 2 heterocycles. The van der Waals surface area contributed by atoms with E-state index in [4.69, 9.17) is 10.9 Å². The number of rotatable bonds is 2. The molecule has 0 atom stereocenters. The van der Waals surface area contributed by atoms with Gasteiger partial charge in [-0.05, 0) is 12.1 Å². The van der Waals surface area contributed by atoms with E-state index in [1.165, 1.54) is 18.3 Å². The molecule has 2 rings (SSSR count). The third kappa shape index (κ3) is 1.85. The molecule has 18 heavy (non-hydrogen) atoms. The zero-order valence-corrected chi connectivity index (χ0v) is 9.68. The molecule has 8 nitrogen and oxygen atoms in total. The Morgan fingerprint density at radius 2 is 2.06 bits per heavy atom. The fourth-order valence-corrected chi connectivity index (χ4v) is 2.17. The Morgan fingerprint density at radius 1 is 1.39 bits per heavy atom. The second kappa shape index (κ2) is 3.89. The van der Waals surface area contributed by atoms with Crippen LogP contribution in [-0.2, 0) is 10.0 Å². The second-order valence-electron chi connectivity index (χ2n) is 3.42. The number of hydrogen-bond acceptors (Lipinski definition) is 6. The van der Waals surface area contributed by atoms with Crippen molar-refractivity contribution >= 4 is 26.8 Å². The van der Waals surface area contributed by atoms with E-state index in [1.54, 1.807) is 0 Å². The standard InChI is InChI=1S/C9H8N4O4S/c10-8(15)6-7(14)5-4(2-1-3-12-5)9(13-6)18(11,16)17/h1-3,14H,(H2,10,15)(H2,11,16,17). The Hall–Kier alpha value is -2.26. The van der Waals surface area contributed by atoms with Gasteiger partial charge in [-0.3, -0.25) is 9.78 Å². The van der Waals surface area contributed by atoms with Gasteiger partial charge >= 0.3 is 0 Å². The summed E-state index contributed by atoms with van der Waals surface area (Å²) in [4.78, 5) is 18.4. The van der Waals surface area contributed by atoms with Gasteiger partial charge in [0.2, 0.25) is 0 Å². The summed E-state index contributed by atoms with van der Waals surface area (Å²) in [5.41, 5.74) is 4.29. The first kappa shape index (κ1) is 12.2. The molecule has 0 unspecified atom stereocenters. The van der Waals surface area contributed by atoms with Gasteiger partial charge in [0.25, 0.3) is 15.9 Å². The monoisotopic (exact) mass is 268 g/mol. The Morgan fingerprint density at radius 3 is 2.61 bits per heavy atom.